The maximum absolute atomic E-state index is 5.40. The minimum atomic E-state index is 0.578. The van der Waals surface area contributed by atoms with Crippen LogP contribution in [0.3, 0.4) is 0 Å². The number of nitrogens with one attached hydrogen (secondary N) is 1. The van der Waals surface area contributed by atoms with E-state index in [0.29, 0.717) is 5.92 Å². The summed E-state index contributed by atoms with van der Waals surface area (Å²) in [4.78, 5) is 2.55. The van der Waals surface area contributed by atoms with Gasteiger partial charge in [-0.3, -0.25) is 0 Å². The maximum Gasteiger partial charge on any atom is 0.122 e. The third-order valence-corrected chi connectivity index (χ3v) is 4.00. The van der Waals surface area contributed by atoms with E-state index in [1.807, 2.05) is 0 Å². The van der Waals surface area contributed by atoms with Crippen LogP contribution in [0.1, 0.15) is 30.9 Å². The average molecular weight is 262 g/mol. The molecular formula is C16H26N2O. The van der Waals surface area contributed by atoms with Crippen LogP contribution in [0.15, 0.2) is 18.2 Å². The minimum absolute atomic E-state index is 0.578. The Morgan fingerprint density at radius 1 is 1.32 bits per heavy atom. The summed E-state index contributed by atoms with van der Waals surface area (Å²) < 4.78 is 5.40. The number of nitrogens with zero attached hydrogens (tertiary/aromatic N) is 1. The molecule has 3 nitrogen and oxygen atoms in total. The molecule has 1 aliphatic rings. The fourth-order valence-electron chi connectivity index (χ4n) is 2.77. The van der Waals surface area contributed by atoms with Crippen molar-refractivity contribution in [3.8, 4) is 5.75 Å². The summed E-state index contributed by atoms with van der Waals surface area (Å²) in [5.41, 5.74) is 2.74. The topological polar surface area (TPSA) is 24.5 Å². The van der Waals surface area contributed by atoms with Crippen LogP contribution in [0.2, 0.25) is 0 Å². The molecule has 1 atom stereocenters. The van der Waals surface area contributed by atoms with Gasteiger partial charge in [-0.15, -0.1) is 0 Å². The molecule has 0 bridgehead atoms. The van der Waals surface area contributed by atoms with Crippen molar-refractivity contribution in [2.75, 3.05) is 39.8 Å². The van der Waals surface area contributed by atoms with E-state index in [1.165, 1.54) is 24.2 Å². The first-order chi connectivity index (χ1) is 9.24. The lowest BCUT2D eigenvalue weighted by atomic mass is 9.97. The van der Waals surface area contributed by atoms with Crippen LogP contribution < -0.4 is 10.1 Å². The first-order valence-corrected chi connectivity index (χ1v) is 7.34. The molecule has 1 heterocycles. The quantitative estimate of drug-likeness (QED) is 0.881. The van der Waals surface area contributed by atoms with Crippen LogP contribution in [0.5, 0.6) is 5.75 Å². The Morgan fingerprint density at radius 3 is 2.68 bits per heavy atom. The third-order valence-electron chi connectivity index (χ3n) is 4.00. The summed E-state index contributed by atoms with van der Waals surface area (Å²) >= 11 is 0. The zero-order valence-corrected chi connectivity index (χ0v) is 12.4. The Balaban J connectivity index is 2.03. The van der Waals surface area contributed by atoms with E-state index in [0.717, 1.165) is 31.8 Å². The van der Waals surface area contributed by atoms with Gasteiger partial charge in [-0.1, -0.05) is 26.0 Å². The lowest BCUT2D eigenvalue weighted by Gasteiger charge is -2.30. The molecule has 0 aliphatic carbocycles. The third kappa shape index (κ3) is 3.71. The molecule has 3 heteroatoms. The molecule has 1 fully saturated rings. The van der Waals surface area contributed by atoms with E-state index in [-0.39, 0.29) is 0 Å². The second kappa shape index (κ2) is 6.92. The number of ether oxygens (including phenoxy) is 1. The van der Waals surface area contributed by atoms with Crippen LogP contribution in [0.4, 0.5) is 0 Å². The second-order valence-corrected chi connectivity index (χ2v) is 5.38. The molecule has 0 spiro atoms. The predicted molar refractivity (Wildman–Crippen MR) is 80.1 cm³/mol. The molecular weight excluding hydrogens is 236 g/mol. The fraction of sp³-hybridized carbons (Fsp3) is 0.625. The van der Waals surface area contributed by atoms with Crippen LogP contribution in [0, 0.1) is 0 Å². The summed E-state index contributed by atoms with van der Waals surface area (Å²) in [5.74, 6) is 1.59. The zero-order valence-electron chi connectivity index (χ0n) is 12.4. The minimum Gasteiger partial charge on any atom is -0.496 e. The van der Waals surface area contributed by atoms with E-state index < -0.39 is 0 Å². The van der Waals surface area contributed by atoms with Crippen LogP contribution in [0.25, 0.3) is 0 Å². The smallest absolute Gasteiger partial charge is 0.122 e. The number of benzene rings is 1. The molecule has 1 unspecified atom stereocenters. The first-order valence-electron chi connectivity index (χ1n) is 7.34. The van der Waals surface area contributed by atoms with Crippen molar-refractivity contribution in [2.45, 2.75) is 26.2 Å². The number of hydrogen-bond donors (Lipinski definition) is 1. The number of rotatable bonds is 5. The van der Waals surface area contributed by atoms with Crippen molar-refractivity contribution in [1.29, 1.82) is 0 Å². The molecule has 0 saturated carbocycles. The largest absolute Gasteiger partial charge is 0.496 e. The summed E-state index contributed by atoms with van der Waals surface area (Å²) in [7, 11) is 1.75. The standard InChI is InChI=1S/C16H26N2O/c1-4-14-11-15(5-6-16(14)19-3)13(2)12-18-9-7-17-8-10-18/h5-6,11,13,17H,4,7-10,12H2,1-3H3. The van der Waals surface area contributed by atoms with Crippen molar-refractivity contribution in [3.63, 3.8) is 0 Å². The molecule has 0 radical (unpaired) electrons. The van der Waals surface area contributed by atoms with E-state index in [2.05, 4.69) is 42.3 Å². The second-order valence-electron chi connectivity index (χ2n) is 5.38. The van der Waals surface area contributed by atoms with Gasteiger partial charge in [0.1, 0.15) is 5.75 Å². The Hall–Kier alpha value is -1.06. The van der Waals surface area contributed by atoms with Gasteiger partial charge in [0.15, 0.2) is 0 Å². The van der Waals surface area contributed by atoms with E-state index in [1.54, 1.807) is 7.11 Å². The van der Waals surface area contributed by atoms with E-state index >= 15 is 0 Å². The van der Waals surface area contributed by atoms with E-state index in [9.17, 15) is 0 Å². The highest BCUT2D eigenvalue weighted by Gasteiger charge is 2.15. The molecule has 106 valence electrons. The normalized spacial score (nSPS) is 18.3. The van der Waals surface area contributed by atoms with Gasteiger partial charge in [-0.05, 0) is 29.5 Å². The maximum atomic E-state index is 5.40. The predicted octanol–water partition coefficient (Wildman–Crippen LogP) is 2.27. The van der Waals surface area contributed by atoms with Gasteiger partial charge >= 0.3 is 0 Å². The molecule has 0 aromatic heterocycles. The molecule has 2 rings (SSSR count). The van der Waals surface area contributed by atoms with Crippen LogP contribution >= 0.6 is 0 Å². The Morgan fingerprint density at radius 2 is 2.05 bits per heavy atom. The van der Waals surface area contributed by atoms with Crippen LogP contribution in [-0.2, 0) is 6.42 Å². The van der Waals surface area contributed by atoms with Crippen molar-refractivity contribution < 1.29 is 4.74 Å². The average Bonchev–Trinajstić information content (AvgIpc) is 2.47. The van der Waals surface area contributed by atoms with Gasteiger partial charge in [0, 0.05) is 32.7 Å². The zero-order chi connectivity index (χ0) is 13.7. The van der Waals surface area contributed by atoms with Crippen LogP contribution in [-0.4, -0.2) is 44.7 Å². The van der Waals surface area contributed by atoms with Gasteiger partial charge in [0.05, 0.1) is 7.11 Å². The number of methoxy groups -OCH3 is 1. The molecule has 1 saturated heterocycles. The SMILES string of the molecule is CCc1cc(C(C)CN2CCNCC2)ccc1OC. The lowest BCUT2D eigenvalue weighted by molar-refractivity contribution is 0.230. The number of aryl methyl sites for hydroxylation is 1. The highest BCUT2D eigenvalue weighted by molar-refractivity contribution is 5.38. The fourth-order valence-corrected chi connectivity index (χ4v) is 2.77. The molecule has 1 aromatic rings. The van der Waals surface area contributed by atoms with Crippen molar-refractivity contribution in [3.05, 3.63) is 29.3 Å². The Bertz CT molecular complexity index is 400. The number of hydrogen-bond acceptors (Lipinski definition) is 3. The Labute approximate surface area is 116 Å². The monoisotopic (exact) mass is 262 g/mol. The van der Waals surface area contributed by atoms with Crippen molar-refractivity contribution in [1.82, 2.24) is 10.2 Å². The van der Waals surface area contributed by atoms with Gasteiger partial charge in [0.2, 0.25) is 0 Å². The summed E-state index contributed by atoms with van der Waals surface area (Å²) in [5, 5.41) is 3.40. The molecule has 1 aliphatic heterocycles. The number of piperazine rings is 1. The van der Waals surface area contributed by atoms with Crippen molar-refractivity contribution >= 4 is 0 Å². The van der Waals surface area contributed by atoms with E-state index in [4.69, 9.17) is 4.74 Å². The summed E-state index contributed by atoms with van der Waals surface area (Å²) in [6.07, 6.45) is 1.03. The van der Waals surface area contributed by atoms with Gasteiger partial charge in [-0.25, -0.2) is 0 Å². The molecule has 1 N–H and O–H groups in total. The first kappa shape index (κ1) is 14.4. The highest BCUT2D eigenvalue weighted by atomic mass is 16.5. The Kier molecular flexibility index (Phi) is 5.23. The summed E-state index contributed by atoms with van der Waals surface area (Å²) in [6.45, 7) is 10.2. The van der Waals surface area contributed by atoms with Gasteiger partial charge in [0.25, 0.3) is 0 Å². The molecule has 0 amide bonds. The molecule has 1 aromatic carbocycles. The molecule has 19 heavy (non-hydrogen) atoms. The van der Waals surface area contributed by atoms with Gasteiger partial charge in [-0.2, -0.15) is 0 Å². The lowest BCUT2D eigenvalue weighted by Crippen LogP contribution is -2.44. The highest BCUT2D eigenvalue weighted by Crippen LogP contribution is 2.25. The van der Waals surface area contributed by atoms with Gasteiger partial charge < -0.3 is 15.0 Å². The van der Waals surface area contributed by atoms with Crippen molar-refractivity contribution in [2.24, 2.45) is 0 Å². The summed E-state index contributed by atoms with van der Waals surface area (Å²) in [6, 6.07) is 6.64.